The minimum Gasteiger partial charge on any atom is -0.399 e. The average Bonchev–Trinajstić information content (AvgIpc) is 2.67. The van der Waals surface area contributed by atoms with E-state index in [2.05, 4.69) is 5.32 Å². The van der Waals surface area contributed by atoms with Crippen molar-refractivity contribution >= 4 is 17.7 Å². The predicted molar refractivity (Wildman–Crippen MR) is 79.5 cm³/mol. The van der Waals surface area contributed by atoms with Crippen molar-refractivity contribution in [2.45, 2.75) is 44.6 Å². The van der Waals surface area contributed by atoms with Gasteiger partial charge in [-0.25, -0.2) is 0 Å². The lowest BCUT2D eigenvalue weighted by Crippen LogP contribution is -2.33. The second-order valence-electron chi connectivity index (χ2n) is 5.20. The van der Waals surface area contributed by atoms with Gasteiger partial charge in [-0.2, -0.15) is 0 Å². The summed E-state index contributed by atoms with van der Waals surface area (Å²) < 4.78 is 0. The number of nitrogen functional groups attached to an aromatic ring is 1. The smallest absolute Gasteiger partial charge is 0.244 e. The van der Waals surface area contributed by atoms with Crippen molar-refractivity contribution in [2.24, 2.45) is 0 Å². The standard InChI is InChI=1S/C16H22N2O/c17-14-10-7-13(8-11-14)9-12-16(19)18-15-5-3-1-2-4-6-15/h7-12,15H,1-6,17H2,(H,18,19)/b12-9+. The molecule has 3 heteroatoms. The third-order valence-corrected chi connectivity index (χ3v) is 3.57. The van der Waals surface area contributed by atoms with Gasteiger partial charge in [0.2, 0.25) is 5.91 Å². The minimum atomic E-state index is 0.00345. The van der Waals surface area contributed by atoms with Crippen LogP contribution in [0.2, 0.25) is 0 Å². The summed E-state index contributed by atoms with van der Waals surface area (Å²) in [6, 6.07) is 7.84. The van der Waals surface area contributed by atoms with Crippen LogP contribution in [0.15, 0.2) is 30.3 Å². The molecular formula is C16H22N2O. The maximum atomic E-state index is 11.8. The average molecular weight is 258 g/mol. The molecule has 0 unspecified atom stereocenters. The number of rotatable bonds is 3. The van der Waals surface area contributed by atoms with E-state index in [0.717, 1.165) is 24.1 Å². The highest BCUT2D eigenvalue weighted by Crippen LogP contribution is 2.17. The number of anilines is 1. The molecule has 1 saturated carbocycles. The fourth-order valence-corrected chi connectivity index (χ4v) is 2.45. The van der Waals surface area contributed by atoms with E-state index in [1.165, 1.54) is 25.7 Å². The molecular weight excluding hydrogens is 236 g/mol. The number of nitrogens with one attached hydrogen (secondary N) is 1. The van der Waals surface area contributed by atoms with Gasteiger partial charge in [0.1, 0.15) is 0 Å². The molecule has 0 radical (unpaired) electrons. The van der Waals surface area contributed by atoms with Crippen LogP contribution in [0.4, 0.5) is 5.69 Å². The van der Waals surface area contributed by atoms with Crippen molar-refractivity contribution in [1.29, 1.82) is 0 Å². The molecule has 0 aliphatic heterocycles. The Morgan fingerprint density at radius 2 is 1.74 bits per heavy atom. The number of nitrogens with two attached hydrogens (primary N) is 1. The number of hydrogen-bond acceptors (Lipinski definition) is 2. The molecule has 3 nitrogen and oxygen atoms in total. The summed E-state index contributed by atoms with van der Waals surface area (Å²) >= 11 is 0. The number of carbonyl (C=O) groups excluding carboxylic acids is 1. The van der Waals surface area contributed by atoms with Crippen molar-refractivity contribution in [1.82, 2.24) is 5.32 Å². The topological polar surface area (TPSA) is 55.1 Å². The molecule has 1 aliphatic carbocycles. The zero-order valence-electron chi connectivity index (χ0n) is 11.3. The van der Waals surface area contributed by atoms with Gasteiger partial charge < -0.3 is 11.1 Å². The molecule has 1 fully saturated rings. The summed E-state index contributed by atoms with van der Waals surface area (Å²) in [5.41, 5.74) is 7.34. The molecule has 0 saturated heterocycles. The van der Waals surface area contributed by atoms with Gasteiger partial charge in [0.25, 0.3) is 0 Å². The van der Waals surface area contributed by atoms with Crippen LogP contribution in [-0.4, -0.2) is 11.9 Å². The van der Waals surface area contributed by atoms with E-state index in [0.29, 0.717) is 6.04 Å². The summed E-state index contributed by atoms with van der Waals surface area (Å²) in [5.74, 6) is 0.00345. The van der Waals surface area contributed by atoms with Crippen molar-refractivity contribution in [2.75, 3.05) is 5.73 Å². The van der Waals surface area contributed by atoms with Crippen LogP contribution >= 0.6 is 0 Å². The fourth-order valence-electron chi connectivity index (χ4n) is 2.45. The van der Waals surface area contributed by atoms with Crippen LogP contribution in [0, 0.1) is 0 Å². The highest BCUT2D eigenvalue weighted by molar-refractivity contribution is 5.91. The van der Waals surface area contributed by atoms with Gasteiger partial charge in [0.15, 0.2) is 0 Å². The van der Waals surface area contributed by atoms with Crippen LogP contribution < -0.4 is 11.1 Å². The van der Waals surface area contributed by atoms with Crippen LogP contribution in [0.5, 0.6) is 0 Å². The van der Waals surface area contributed by atoms with Crippen LogP contribution in [-0.2, 0) is 4.79 Å². The lowest BCUT2D eigenvalue weighted by atomic mass is 10.1. The van der Waals surface area contributed by atoms with Gasteiger partial charge in [0, 0.05) is 17.8 Å². The van der Waals surface area contributed by atoms with E-state index < -0.39 is 0 Å². The molecule has 1 amide bonds. The van der Waals surface area contributed by atoms with Gasteiger partial charge >= 0.3 is 0 Å². The normalized spacial score (nSPS) is 17.3. The van der Waals surface area contributed by atoms with E-state index in [9.17, 15) is 4.79 Å². The summed E-state index contributed by atoms with van der Waals surface area (Å²) in [6.45, 7) is 0. The van der Waals surface area contributed by atoms with E-state index >= 15 is 0 Å². The molecule has 1 aliphatic rings. The third-order valence-electron chi connectivity index (χ3n) is 3.57. The molecule has 102 valence electrons. The summed E-state index contributed by atoms with van der Waals surface area (Å²) in [7, 11) is 0. The molecule has 0 aromatic heterocycles. The summed E-state index contributed by atoms with van der Waals surface area (Å²) in [4.78, 5) is 11.8. The van der Waals surface area contributed by atoms with E-state index in [1.54, 1.807) is 6.08 Å². The number of amides is 1. The Morgan fingerprint density at radius 3 is 2.37 bits per heavy atom. The lowest BCUT2D eigenvalue weighted by molar-refractivity contribution is -0.117. The molecule has 0 heterocycles. The number of hydrogen-bond donors (Lipinski definition) is 2. The Kier molecular flexibility index (Phi) is 5.01. The summed E-state index contributed by atoms with van der Waals surface area (Å²) in [5, 5.41) is 3.09. The maximum absolute atomic E-state index is 11.8. The third kappa shape index (κ3) is 4.78. The first kappa shape index (κ1) is 13.7. The molecule has 1 aromatic carbocycles. The Hall–Kier alpha value is -1.77. The van der Waals surface area contributed by atoms with Crippen LogP contribution in [0.3, 0.4) is 0 Å². The first-order valence-electron chi connectivity index (χ1n) is 7.08. The van der Waals surface area contributed by atoms with Gasteiger partial charge in [-0.05, 0) is 36.6 Å². The molecule has 0 bridgehead atoms. The molecule has 0 spiro atoms. The fraction of sp³-hybridized carbons (Fsp3) is 0.438. The first-order chi connectivity index (χ1) is 9.24. The Balaban J connectivity index is 1.84. The molecule has 1 aromatic rings. The Morgan fingerprint density at radius 1 is 1.11 bits per heavy atom. The highest BCUT2D eigenvalue weighted by Gasteiger charge is 2.12. The van der Waals surface area contributed by atoms with Crippen molar-refractivity contribution in [3.8, 4) is 0 Å². The van der Waals surface area contributed by atoms with E-state index in [-0.39, 0.29) is 5.91 Å². The lowest BCUT2D eigenvalue weighted by Gasteiger charge is -2.14. The quantitative estimate of drug-likeness (QED) is 0.497. The zero-order chi connectivity index (χ0) is 13.5. The predicted octanol–water partition coefficient (Wildman–Crippen LogP) is 3.12. The number of carbonyl (C=O) groups is 1. The maximum Gasteiger partial charge on any atom is 0.244 e. The van der Waals surface area contributed by atoms with E-state index in [1.807, 2.05) is 30.3 Å². The first-order valence-corrected chi connectivity index (χ1v) is 7.08. The molecule has 0 atom stereocenters. The molecule has 19 heavy (non-hydrogen) atoms. The number of benzene rings is 1. The monoisotopic (exact) mass is 258 g/mol. The minimum absolute atomic E-state index is 0.00345. The van der Waals surface area contributed by atoms with Crippen molar-refractivity contribution in [3.63, 3.8) is 0 Å². The van der Waals surface area contributed by atoms with Gasteiger partial charge in [-0.1, -0.05) is 37.8 Å². The summed E-state index contributed by atoms with van der Waals surface area (Å²) in [6.07, 6.45) is 10.7. The zero-order valence-corrected chi connectivity index (χ0v) is 11.3. The van der Waals surface area contributed by atoms with Crippen molar-refractivity contribution in [3.05, 3.63) is 35.9 Å². The Labute approximate surface area is 114 Å². The second-order valence-corrected chi connectivity index (χ2v) is 5.20. The molecule has 3 N–H and O–H groups in total. The van der Waals surface area contributed by atoms with Crippen LogP contribution in [0.1, 0.15) is 44.1 Å². The largest absolute Gasteiger partial charge is 0.399 e. The Bertz CT molecular complexity index is 429. The van der Waals surface area contributed by atoms with Crippen LogP contribution in [0.25, 0.3) is 6.08 Å². The van der Waals surface area contributed by atoms with Gasteiger partial charge in [0.05, 0.1) is 0 Å². The highest BCUT2D eigenvalue weighted by atomic mass is 16.1. The molecule has 2 rings (SSSR count). The second kappa shape index (κ2) is 6.98. The van der Waals surface area contributed by atoms with Crippen molar-refractivity contribution < 1.29 is 4.79 Å². The van der Waals surface area contributed by atoms with Gasteiger partial charge in [-0.15, -0.1) is 0 Å². The SMILES string of the molecule is Nc1ccc(/C=C/C(=O)NC2CCCCCC2)cc1. The van der Waals surface area contributed by atoms with Gasteiger partial charge in [-0.3, -0.25) is 4.79 Å². The van der Waals surface area contributed by atoms with E-state index in [4.69, 9.17) is 5.73 Å².